The first-order valence-electron chi connectivity index (χ1n) is 42.9. The number of rotatable bonds is 15. The van der Waals surface area contributed by atoms with E-state index in [0.29, 0.717) is 52.4 Å². The summed E-state index contributed by atoms with van der Waals surface area (Å²) in [6.07, 6.45) is 7.53. The van der Waals surface area contributed by atoms with E-state index < -0.39 is 0 Å². The van der Waals surface area contributed by atoms with Crippen molar-refractivity contribution in [2.75, 3.05) is 0 Å². The third-order valence-electron chi connectivity index (χ3n) is 23.6. The summed E-state index contributed by atoms with van der Waals surface area (Å²) in [6.45, 7) is 0. The number of hydrogen-bond donors (Lipinski definition) is 0. The molecule has 0 atom stereocenters. The first-order valence-corrected chi connectivity index (χ1v) is 42.9. The number of aromatic nitrogens is 15. The van der Waals surface area contributed by atoms with E-state index in [9.17, 15) is 0 Å². The summed E-state index contributed by atoms with van der Waals surface area (Å²) in [4.78, 5) is 72.3. The Morgan fingerprint density at radius 1 is 0.132 bits per heavy atom. The standard InChI is InChI=1S/3C38H25N5/c1-3-11-25(12-4-1)36-41-37(26-13-5-2-6-14-26)43-38(42-36)31-19-10-17-28(22-31)27-16-9-18-30(21-27)34-33-23-29-15-7-8-20-32(29)35(33)40-24-39-34;1-3-11-25(12-4-1)27-16-9-18-30(21-27)37-41-36(26-13-5-2-6-14-26)42-38(43-37)31-19-10-17-29(22-31)34-33-23-28-15-7-8-20-32(28)35(33)40-24-39-34;1-3-10-27(11-4-1)36-41-37(28-12-5-2-6-13-28)43-38(42-36)31-16-9-15-29(22-31)25-18-20-26(21-19-25)34-33-23-30-14-7-8-17-32(30)35(33)40-24-39-34/h3*1-22,24H,23H2. The first-order chi connectivity index (χ1) is 63.9. The van der Waals surface area contributed by atoms with Crippen molar-refractivity contribution in [1.82, 2.24) is 74.8 Å². The second kappa shape index (κ2) is 34.7. The Bertz CT molecular complexity index is 7640. The average Bonchev–Trinajstić information content (AvgIpc) is 1.63. The van der Waals surface area contributed by atoms with Crippen LogP contribution in [0.2, 0.25) is 0 Å². The maximum absolute atomic E-state index is 5.02. The van der Waals surface area contributed by atoms with Gasteiger partial charge in [0.05, 0.1) is 34.2 Å². The molecule has 0 amide bonds. The van der Waals surface area contributed by atoms with Gasteiger partial charge in [-0.15, -0.1) is 0 Å². The van der Waals surface area contributed by atoms with Crippen LogP contribution in [0.25, 0.3) is 203 Å². The highest BCUT2D eigenvalue weighted by Gasteiger charge is 2.28. The average molecular weight is 1650 g/mol. The normalized spacial score (nSPS) is 11.6. The Morgan fingerprint density at radius 2 is 0.318 bits per heavy atom. The summed E-state index contributed by atoms with van der Waals surface area (Å²) in [5.74, 6) is 5.76. The molecule has 0 saturated heterocycles. The highest BCUT2D eigenvalue weighted by atomic mass is 15.1. The van der Waals surface area contributed by atoms with Crippen molar-refractivity contribution in [2.24, 2.45) is 0 Å². The van der Waals surface area contributed by atoms with Crippen LogP contribution in [0.3, 0.4) is 0 Å². The molecule has 21 aromatic rings. The van der Waals surface area contributed by atoms with Crippen molar-refractivity contribution in [2.45, 2.75) is 19.3 Å². The second-order valence-electron chi connectivity index (χ2n) is 31.7. The van der Waals surface area contributed by atoms with Crippen LogP contribution in [0, 0.1) is 0 Å². The summed E-state index contributed by atoms with van der Waals surface area (Å²) in [5.41, 5.74) is 35.3. The van der Waals surface area contributed by atoms with E-state index in [0.717, 1.165) is 159 Å². The van der Waals surface area contributed by atoms with E-state index in [1.54, 1.807) is 19.0 Å². The number of benzene rings is 15. The van der Waals surface area contributed by atoms with E-state index in [1.165, 1.54) is 44.5 Å². The van der Waals surface area contributed by atoms with Crippen molar-refractivity contribution in [3.8, 4) is 203 Å². The summed E-state index contributed by atoms with van der Waals surface area (Å²) in [7, 11) is 0. The van der Waals surface area contributed by atoms with Crippen molar-refractivity contribution in [3.63, 3.8) is 0 Å². The largest absolute Gasteiger partial charge is 0.236 e. The Hall–Kier alpha value is -17.4. The van der Waals surface area contributed by atoms with Crippen LogP contribution < -0.4 is 0 Å². The fraction of sp³-hybridized carbons (Fsp3) is 0.0263. The quantitative estimate of drug-likeness (QED) is 0.0940. The van der Waals surface area contributed by atoms with E-state index in [4.69, 9.17) is 59.8 Å². The lowest BCUT2D eigenvalue weighted by Gasteiger charge is -2.11. The van der Waals surface area contributed by atoms with Crippen LogP contribution in [0.4, 0.5) is 0 Å². The molecule has 3 aliphatic rings. The molecule has 606 valence electrons. The van der Waals surface area contributed by atoms with Crippen molar-refractivity contribution in [1.29, 1.82) is 0 Å². The van der Waals surface area contributed by atoms with Gasteiger partial charge in [-0.05, 0) is 80.4 Å². The zero-order valence-corrected chi connectivity index (χ0v) is 69.7. The summed E-state index contributed by atoms with van der Waals surface area (Å²) < 4.78 is 0. The van der Waals surface area contributed by atoms with Gasteiger partial charge in [0.15, 0.2) is 52.4 Å². The van der Waals surface area contributed by atoms with Crippen LogP contribution >= 0.6 is 0 Å². The molecule has 3 aliphatic carbocycles. The van der Waals surface area contributed by atoms with Crippen molar-refractivity contribution < 1.29 is 0 Å². The van der Waals surface area contributed by atoms with E-state index in [-0.39, 0.29) is 0 Å². The van der Waals surface area contributed by atoms with E-state index in [1.807, 2.05) is 170 Å². The summed E-state index contributed by atoms with van der Waals surface area (Å²) in [6, 6.07) is 137. The van der Waals surface area contributed by atoms with Gasteiger partial charge in [0.2, 0.25) is 0 Å². The molecule has 0 spiro atoms. The van der Waals surface area contributed by atoms with Gasteiger partial charge in [-0.2, -0.15) is 0 Å². The third-order valence-corrected chi connectivity index (χ3v) is 23.6. The highest BCUT2D eigenvalue weighted by Crippen LogP contribution is 2.45. The van der Waals surface area contributed by atoms with E-state index in [2.05, 4.69) is 245 Å². The van der Waals surface area contributed by atoms with Gasteiger partial charge >= 0.3 is 0 Å². The Labute approximate surface area is 745 Å². The molecule has 15 heteroatoms. The molecule has 6 aromatic heterocycles. The number of nitrogens with zero attached hydrogens (tertiary/aromatic N) is 15. The Kier molecular flexibility index (Phi) is 20.9. The zero-order valence-electron chi connectivity index (χ0n) is 69.7. The minimum Gasteiger partial charge on any atom is -0.236 e. The first kappa shape index (κ1) is 77.6. The fourth-order valence-electron chi connectivity index (χ4n) is 17.3. The van der Waals surface area contributed by atoms with E-state index >= 15 is 0 Å². The smallest absolute Gasteiger partial charge is 0.164 e. The van der Waals surface area contributed by atoms with Crippen molar-refractivity contribution >= 4 is 0 Å². The molecule has 0 bridgehead atoms. The molecule has 24 rings (SSSR count). The lowest BCUT2D eigenvalue weighted by Crippen LogP contribution is -2.01. The number of hydrogen-bond acceptors (Lipinski definition) is 15. The molecule has 15 aromatic carbocycles. The monoisotopic (exact) mass is 1650 g/mol. The van der Waals surface area contributed by atoms with Gasteiger partial charge in [0.25, 0.3) is 0 Å². The van der Waals surface area contributed by atoms with Crippen molar-refractivity contribution in [3.05, 3.63) is 453 Å². The van der Waals surface area contributed by atoms with Crippen LogP contribution in [0.15, 0.2) is 419 Å². The SMILES string of the molecule is c1ccc(-c2cccc(-c3nc(-c4ccccc4)nc(-c4cccc(-c5ncnc6c5Cc5ccccc5-6)c4)n3)c2)cc1.c1ccc(-c2nc(-c3ccccc3)nc(-c3cccc(-c4ccc(-c5ncnc6c5Cc5ccccc5-6)cc4)c3)n2)cc1.c1ccc(-c2nc(-c3ccccc3)nc(-c3cccc(-c4cccc(-c5ncnc6c5Cc5ccccc5-6)c4)c3)n2)cc1. The Morgan fingerprint density at radius 3 is 0.612 bits per heavy atom. The van der Waals surface area contributed by atoms with Gasteiger partial charge in [0.1, 0.15) is 19.0 Å². The van der Waals surface area contributed by atoms with Crippen LogP contribution in [0.1, 0.15) is 33.4 Å². The topological polar surface area (TPSA) is 193 Å². The molecule has 0 aliphatic heterocycles. The van der Waals surface area contributed by atoms with Crippen LogP contribution in [-0.2, 0) is 19.3 Å². The van der Waals surface area contributed by atoms with Gasteiger partial charge in [-0.1, -0.05) is 370 Å². The molecule has 0 unspecified atom stereocenters. The second-order valence-corrected chi connectivity index (χ2v) is 31.7. The van der Waals surface area contributed by atoms with Crippen LogP contribution in [0.5, 0.6) is 0 Å². The van der Waals surface area contributed by atoms with Crippen LogP contribution in [-0.4, -0.2) is 74.8 Å². The highest BCUT2D eigenvalue weighted by molar-refractivity contribution is 5.87. The molecule has 0 N–H and O–H groups in total. The van der Waals surface area contributed by atoms with Gasteiger partial charge in [-0.25, -0.2) is 74.8 Å². The van der Waals surface area contributed by atoms with Gasteiger partial charge in [-0.3, -0.25) is 0 Å². The molecule has 0 fully saturated rings. The predicted octanol–water partition coefficient (Wildman–Crippen LogP) is 25.7. The minimum atomic E-state index is 0.616. The number of fused-ring (bicyclic) bond motifs is 9. The van der Waals surface area contributed by atoms with Gasteiger partial charge < -0.3 is 0 Å². The lowest BCUT2D eigenvalue weighted by atomic mass is 9.97. The molecular formula is C114H75N15. The summed E-state index contributed by atoms with van der Waals surface area (Å²) in [5, 5.41) is 0. The maximum atomic E-state index is 5.02. The predicted molar refractivity (Wildman–Crippen MR) is 513 cm³/mol. The minimum absolute atomic E-state index is 0.616. The molecule has 129 heavy (non-hydrogen) atoms. The molecule has 0 saturated carbocycles. The molecule has 15 nitrogen and oxygen atoms in total. The molecule has 6 heterocycles. The summed E-state index contributed by atoms with van der Waals surface area (Å²) >= 11 is 0. The Balaban J connectivity index is 0.000000114. The lowest BCUT2D eigenvalue weighted by molar-refractivity contribution is 1.07. The van der Waals surface area contributed by atoms with Gasteiger partial charge in [0, 0.05) is 119 Å². The maximum Gasteiger partial charge on any atom is 0.164 e. The third kappa shape index (κ3) is 16.0. The molecule has 0 radical (unpaired) electrons. The fourth-order valence-corrected chi connectivity index (χ4v) is 17.3. The zero-order chi connectivity index (χ0) is 85.8. The molecular weight excluding hydrogens is 1580 g/mol.